The molecule has 1 aliphatic rings. The molecule has 5 N–H and O–H groups in total. The number of carbonyl (C=O) groups excluding carboxylic acids is 1. The molecule has 0 saturated carbocycles. The van der Waals surface area contributed by atoms with Gasteiger partial charge < -0.3 is 25.8 Å². The lowest BCUT2D eigenvalue weighted by atomic mass is 10.1. The number of imidazole rings is 1. The summed E-state index contributed by atoms with van der Waals surface area (Å²) in [5, 5.41) is 30.5. The van der Waals surface area contributed by atoms with Crippen LogP contribution in [0.4, 0.5) is 5.95 Å². The van der Waals surface area contributed by atoms with E-state index in [-0.39, 0.29) is 23.1 Å². The molecule has 3 heterocycles. The van der Waals surface area contributed by atoms with E-state index in [1.807, 2.05) is 0 Å². The number of ketones is 1. The summed E-state index contributed by atoms with van der Waals surface area (Å²) >= 11 is 7.00. The molecular formula is C18H18ClN5O5S. The Hall–Kier alpha value is -2.28. The van der Waals surface area contributed by atoms with Crippen molar-refractivity contribution < 1.29 is 24.9 Å². The molecule has 158 valence electrons. The van der Waals surface area contributed by atoms with Gasteiger partial charge in [-0.15, -0.1) is 0 Å². The molecule has 30 heavy (non-hydrogen) atoms. The van der Waals surface area contributed by atoms with Gasteiger partial charge in [0.25, 0.3) is 0 Å². The summed E-state index contributed by atoms with van der Waals surface area (Å²) in [6.07, 6.45) is -3.12. The van der Waals surface area contributed by atoms with Gasteiger partial charge in [0.2, 0.25) is 5.95 Å². The average molecular weight is 452 g/mol. The van der Waals surface area contributed by atoms with Gasteiger partial charge in [0, 0.05) is 10.6 Å². The van der Waals surface area contributed by atoms with Gasteiger partial charge in [-0.25, -0.2) is 9.97 Å². The molecule has 3 aromatic rings. The smallest absolute Gasteiger partial charge is 0.223 e. The highest BCUT2D eigenvalue weighted by Gasteiger charge is 2.44. The van der Waals surface area contributed by atoms with E-state index in [4.69, 9.17) is 22.1 Å². The lowest BCUT2D eigenvalue weighted by Gasteiger charge is -2.16. The summed E-state index contributed by atoms with van der Waals surface area (Å²) in [6.45, 7) is -0.452. The number of hydrogen-bond donors (Lipinski definition) is 4. The van der Waals surface area contributed by atoms with E-state index in [1.165, 1.54) is 10.9 Å². The number of fused-ring (bicyclic) bond motifs is 1. The third-order valence-electron chi connectivity index (χ3n) is 4.70. The molecule has 2 aromatic heterocycles. The second kappa shape index (κ2) is 8.46. The van der Waals surface area contributed by atoms with Crippen LogP contribution >= 0.6 is 23.4 Å². The van der Waals surface area contributed by atoms with Crippen molar-refractivity contribution in [2.24, 2.45) is 0 Å². The topological polar surface area (TPSA) is 157 Å². The van der Waals surface area contributed by atoms with Crippen LogP contribution in [0.1, 0.15) is 16.6 Å². The monoisotopic (exact) mass is 451 g/mol. The van der Waals surface area contributed by atoms with Crippen molar-refractivity contribution in [2.75, 3.05) is 18.1 Å². The maximum absolute atomic E-state index is 12.4. The zero-order valence-corrected chi connectivity index (χ0v) is 17.0. The Kier molecular flexibility index (Phi) is 5.91. The molecule has 4 rings (SSSR count). The zero-order chi connectivity index (χ0) is 21.4. The quantitative estimate of drug-likeness (QED) is 0.238. The van der Waals surface area contributed by atoms with Crippen LogP contribution in [0.2, 0.25) is 5.02 Å². The van der Waals surface area contributed by atoms with E-state index in [9.17, 15) is 20.1 Å². The van der Waals surface area contributed by atoms with E-state index in [1.54, 1.807) is 24.3 Å². The number of aromatic nitrogens is 4. The summed E-state index contributed by atoms with van der Waals surface area (Å²) in [5.74, 6) is -0.0733. The molecule has 0 unspecified atom stereocenters. The number of nitrogens with two attached hydrogens (primary N) is 1. The SMILES string of the molecule is Nc1nc(SCC(=O)c2ccc(Cl)cc2)c2ncn([C@@H]3O[C@@H](CO)[C@@H](O)[C@@H]3O)c2n1. The fraction of sp³-hybridized carbons (Fsp3) is 0.333. The van der Waals surface area contributed by atoms with Crippen LogP contribution < -0.4 is 5.73 Å². The van der Waals surface area contributed by atoms with Crippen LogP contribution in [-0.2, 0) is 4.74 Å². The Morgan fingerprint density at radius 1 is 1.23 bits per heavy atom. The maximum Gasteiger partial charge on any atom is 0.223 e. The van der Waals surface area contributed by atoms with Gasteiger partial charge in [0.05, 0.1) is 18.7 Å². The highest BCUT2D eigenvalue weighted by molar-refractivity contribution is 8.00. The first-order valence-corrected chi connectivity index (χ1v) is 10.3. The molecule has 10 nitrogen and oxygen atoms in total. The molecule has 0 radical (unpaired) electrons. The Balaban J connectivity index is 1.60. The summed E-state index contributed by atoms with van der Waals surface area (Å²) < 4.78 is 6.95. The summed E-state index contributed by atoms with van der Waals surface area (Å²) in [4.78, 5) is 25.1. The molecular weight excluding hydrogens is 434 g/mol. The minimum absolute atomic E-state index is 0.0440. The number of thioether (sulfide) groups is 1. The minimum atomic E-state index is -1.29. The average Bonchev–Trinajstić information content (AvgIpc) is 3.27. The predicted molar refractivity (Wildman–Crippen MR) is 109 cm³/mol. The molecule has 4 atom stereocenters. The van der Waals surface area contributed by atoms with Crippen molar-refractivity contribution >= 4 is 46.3 Å². The number of benzene rings is 1. The molecule has 1 saturated heterocycles. The van der Waals surface area contributed by atoms with Crippen LogP contribution in [0.25, 0.3) is 11.2 Å². The fourth-order valence-corrected chi connectivity index (χ4v) is 4.16. The van der Waals surface area contributed by atoms with Gasteiger partial charge in [-0.2, -0.15) is 4.98 Å². The molecule has 0 amide bonds. The molecule has 1 aliphatic heterocycles. The molecule has 1 aromatic carbocycles. The van der Waals surface area contributed by atoms with Crippen molar-refractivity contribution in [3.05, 3.63) is 41.2 Å². The Morgan fingerprint density at radius 3 is 2.63 bits per heavy atom. The number of carbonyl (C=O) groups is 1. The van der Waals surface area contributed by atoms with Crippen molar-refractivity contribution in [3.8, 4) is 0 Å². The largest absolute Gasteiger partial charge is 0.394 e. The van der Waals surface area contributed by atoms with Gasteiger partial charge >= 0.3 is 0 Å². The van der Waals surface area contributed by atoms with Crippen molar-refractivity contribution in [1.82, 2.24) is 19.5 Å². The third kappa shape index (κ3) is 3.87. The van der Waals surface area contributed by atoms with Crippen LogP contribution in [0, 0.1) is 0 Å². The number of anilines is 1. The van der Waals surface area contributed by atoms with Crippen LogP contribution in [-0.4, -0.2) is 71.3 Å². The Bertz CT molecular complexity index is 1080. The zero-order valence-electron chi connectivity index (χ0n) is 15.4. The van der Waals surface area contributed by atoms with E-state index in [2.05, 4.69) is 15.0 Å². The maximum atomic E-state index is 12.4. The third-order valence-corrected chi connectivity index (χ3v) is 5.92. The first-order valence-electron chi connectivity index (χ1n) is 8.93. The highest BCUT2D eigenvalue weighted by Crippen LogP contribution is 2.33. The first-order chi connectivity index (χ1) is 14.4. The Morgan fingerprint density at radius 2 is 1.97 bits per heavy atom. The number of nitrogen functional groups attached to an aromatic ring is 1. The first kappa shape index (κ1) is 21.0. The van der Waals surface area contributed by atoms with E-state index in [0.717, 1.165) is 11.8 Å². The molecule has 1 fully saturated rings. The summed E-state index contributed by atoms with van der Waals surface area (Å²) in [5.41, 5.74) is 7.00. The number of rotatable bonds is 6. The van der Waals surface area contributed by atoms with Gasteiger partial charge in [-0.3, -0.25) is 9.36 Å². The number of hydrogen-bond acceptors (Lipinski definition) is 10. The van der Waals surface area contributed by atoms with Gasteiger partial charge in [-0.1, -0.05) is 23.4 Å². The number of ether oxygens (including phenoxy) is 1. The second-order valence-corrected chi connectivity index (χ2v) is 8.06. The van der Waals surface area contributed by atoms with E-state index in [0.29, 0.717) is 21.1 Å². The Labute approximate surface area is 179 Å². The number of aliphatic hydroxyl groups is 3. The highest BCUT2D eigenvalue weighted by atomic mass is 35.5. The molecule has 0 bridgehead atoms. The van der Waals surface area contributed by atoms with E-state index < -0.39 is 31.1 Å². The summed E-state index contributed by atoms with van der Waals surface area (Å²) in [7, 11) is 0. The summed E-state index contributed by atoms with van der Waals surface area (Å²) in [6, 6.07) is 6.57. The number of aliphatic hydroxyl groups excluding tert-OH is 3. The van der Waals surface area contributed by atoms with Crippen molar-refractivity contribution in [3.63, 3.8) is 0 Å². The predicted octanol–water partition coefficient (Wildman–Crippen LogP) is 0.648. The van der Waals surface area contributed by atoms with Crippen LogP contribution in [0.15, 0.2) is 35.6 Å². The van der Waals surface area contributed by atoms with Gasteiger partial charge in [0.1, 0.15) is 28.9 Å². The van der Waals surface area contributed by atoms with Gasteiger partial charge in [-0.05, 0) is 24.3 Å². The number of Topliss-reactive ketones (excluding diaryl/α,β-unsaturated/α-hetero) is 1. The number of halogens is 1. The number of nitrogens with zero attached hydrogens (tertiary/aromatic N) is 4. The second-order valence-electron chi connectivity index (χ2n) is 6.66. The lowest BCUT2D eigenvalue weighted by molar-refractivity contribution is -0.0511. The van der Waals surface area contributed by atoms with Crippen LogP contribution in [0.3, 0.4) is 0 Å². The van der Waals surface area contributed by atoms with Gasteiger partial charge in [0.15, 0.2) is 17.7 Å². The van der Waals surface area contributed by atoms with Crippen molar-refractivity contribution in [1.29, 1.82) is 0 Å². The van der Waals surface area contributed by atoms with Crippen molar-refractivity contribution in [2.45, 2.75) is 29.6 Å². The fourth-order valence-electron chi connectivity index (χ4n) is 3.16. The minimum Gasteiger partial charge on any atom is -0.394 e. The standard InChI is InChI=1S/C18H18ClN5O5S/c19-9-3-1-8(2-4-9)10(26)6-30-16-12-15(22-18(20)23-16)24(7-21-12)17-14(28)13(27)11(5-25)29-17/h1-4,7,11,13-14,17,25,27-28H,5-6H2,(H2,20,22,23)/t11-,13+,14-,17+/m0/s1. The van der Waals surface area contributed by atoms with E-state index >= 15 is 0 Å². The molecule has 0 aliphatic carbocycles. The molecule has 12 heteroatoms. The molecule has 0 spiro atoms. The normalized spacial score (nSPS) is 23.9. The lowest BCUT2D eigenvalue weighted by Crippen LogP contribution is -2.33. The van der Waals surface area contributed by atoms with Crippen LogP contribution in [0.5, 0.6) is 0 Å².